The number of anilines is 4. The number of methoxy groups -OCH3 is 1. The summed E-state index contributed by atoms with van der Waals surface area (Å²) in [6.07, 6.45) is 6.65. The highest BCUT2D eigenvalue weighted by Crippen LogP contribution is 2.25. The van der Waals surface area contributed by atoms with Crippen LogP contribution in [-0.4, -0.2) is 33.1 Å². The zero-order valence-corrected chi connectivity index (χ0v) is 17.6. The summed E-state index contributed by atoms with van der Waals surface area (Å²) in [6, 6.07) is 8.83. The number of carbonyl (C=O) groups excluding carboxylic acids is 1. The Labute approximate surface area is 182 Å². The van der Waals surface area contributed by atoms with Gasteiger partial charge in [-0.25, -0.2) is 19.7 Å². The van der Waals surface area contributed by atoms with Crippen LogP contribution in [0.5, 0.6) is 5.75 Å². The maximum atomic E-state index is 12.2. The fraction of sp³-hybridized carbons (Fsp3) is 0.0952. The molecule has 156 valence electrons. The molecule has 0 atom stereocenters. The van der Waals surface area contributed by atoms with Crippen LogP contribution in [0.4, 0.5) is 27.2 Å². The minimum Gasteiger partial charge on any atom is -0.495 e. The number of thiazole rings is 1. The number of pyridine rings is 1. The van der Waals surface area contributed by atoms with Gasteiger partial charge in [0.25, 0.3) is 0 Å². The van der Waals surface area contributed by atoms with Gasteiger partial charge in [-0.1, -0.05) is 6.07 Å². The highest BCUT2D eigenvalue weighted by Gasteiger charge is 2.09. The number of nitrogens with one attached hydrogen (secondary N) is 3. The molecule has 0 spiro atoms. The predicted molar refractivity (Wildman–Crippen MR) is 121 cm³/mol. The zero-order chi connectivity index (χ0) is 21.6. The van der Waals surface area contributed by atoms with Crippen molar-refractivity contribution in [3.63, 3.8) is 0 Å². The highest BCUT2D eigenvalue weighted by atomic mass is 32.1. The molecule has 0 saturated carbocycles. The summed E-state index contributed by atoms with van der Waals surface area (Å²) in [7, 11) is 1.59. The van der Waals surface area contributed by atoms with Gasteiger partial charge in [-0.3, -0.25) is 10.3 Å². The average Bonchev–Trinajstić information content (AvgIpc) is 3.29. The van der Waals surface area contributed by atoms with Crippen molar-refractivity contribution in [3.05, 3.63) is 66.1 Å². The lowest BCUT2D eigenvalue weighted by Crippen LogP contribution is -2.19. The lowest BCUT2D eigenvalue weighted by Gasteiger charge is -2.12. The van der Waals surface area contributed by atoms with Crippen molar-refractivity contribution < 1.29 is 9.53 Å². The average molecular weight is 433 g/mol. The largest absolute Gasteiger partial charge is 0.495 e. The van der Waals surface area contributed by atoms with E-state index in [9.17, 15) is 4.79 Å². The van der Waals surface area contributed by atoms with Crippen LogP contribution in [0.3, 0.4) is 0 Å². The van der Waals surface area contributed by atoms with Crippen LogP contribution < -0.4 is 20.7 Å². The van der Waals surface area contributed by atoms with Gasteiger partial charge < -0.3 is 15.4 Å². The van der Waals surface area contributed by atoms with Crippen molar-refractivity contribution in [2.45, 2.75) is 6.92 Å². The molecule has 3 N–H and O–H groups in total. The second-order valence-corrected chi connectivity index (χ2v) is 7.34. The number of carbonyl (C=O) groups is 1. The Morgan fingerprint density at radius 1 is 1.06 bits per heavy atom. The summed E-state index contributed by atoms with van der Waals surface area (Å²) in [5, 5.41) is 11.0. The Bertz CT molecular complexity index is 1200. The van der Waals surface area contributed by atoms with E-state index in [1.807, 2.05) is 31.2 Å². The van der Waals surface area contributed by atoms with Crippen LogP contribution in [0.2, 0.25) is 0 Å². The van der Waals surface area contributed by atoms with Gasteiger partial charge in [0.05, 0.1) is 19.0 Å². The Hall–Kier alpha value is -4.05. The van der Waals surface area contributed by atoms with Gasteiger partial charge >= 0.3 is 6.03 Å². The van der Waals surface area contributed by atoms with E-state index < -0.39 is 0 Å². The number of hydrogen-bond donors (Lipinski definition) is 3. The molecule has 0 fully saturated rings. The van der Waals surface area contributed by atoms with E-state index >= 15 is 0 Å². The fourth-order valence-corrected chi connectivity index (χ4v) is 3.27. The topological polar surface area (TPSA) is 114 Å². The van der Waals surface area contributed by atoms with E-state index in [0.29, 0.717) is 28.2 Å². The number of ether oxygens (including phenoxy) is 1. The molecule has 3 aromatic heterocycles. The number of aryl methyl sites for hydroxylation is 1. The molecule has 1 aromatic carbocycles. The molecule has 4 aromatic rings. The predicted octanol–water partition coefficient (Wildman–Crippen LogP) is 4.70. The van der Waals surface area contributed by atoms with Crippen molar-refractivity contribution >= 4 is 39.8 Å². The van der Waals surface area contributed by atoms with Crippen LogP contribution in [-0.2, 0) is 0 Å². The molecule has 0 saturated heterocycles. The second kappa shape index (κ2) is 9.18. The number of urea groups is 1. The summed E-state index contributed by atoms with van der Waals surface area (Å²) in [5.41, 5.74) is 3.89. The molecule has 0 aliphatic rings. The van der Waals surface area contributed by atoms with E-state index in [1.54, 1.807) is 43.3 Å². The van der Waals surface area contributed by atoms with E-state index in [2.05, 4.69) is 35.9 Å². The van der Waals surface area contributed by atoms with Gasteiger partial charge in [0.1, 0.15) is 5.75 Å². The summed E-state index contributed by atoms with van der Waals surface area (Å²) < 4.78 is 5.23. The highest BCUT2D eigenvalue weighted by molar-refractivity contribution is 7.13. The molecule has 0 unspecified atom stereocenters. The standard InChI is InChI=1S/C21H19N7O2S/c1-13-3-4-15(25-20(29)28-21-24-7-8-31-21)10-18(13)27-19-23-6-5-17(26-19)14-9-16(30-2)12-22-11-14/h3-12H,1-2H3,(H,23,26,27)(H2,24,25,28,29). The maximum Gasteiger partial charge on any atom is 0.325 e. The quantitative estimate of drug-likeness (QED) is 0.404. The molecular formula is C21H19N7O2S. The Morgan fingerprint density at radius 3 is 2.77 bits per heavy atom. The molecule has 2 amide bonds. The first-order valence-electron chi connectivity index (χ1n) is 9.28. The van der Waals surface area contributed by atoms with E-state index in [0.717, 1.165) is 16.8 Å². The SMILES string of the molecule is COc1cncc(-c2ccnc(Nc3cc(NC(=O)Nc4nccs4)ccc3C)n2)c1. The Kier molecular flexibility index (Phi) is 5.99. The number of benzene rings is 1. The maximum absolute atomic E-state index is 12.2. The summed E-state index contributed by atoms with van der Waals surface area (Å²) in [4.78, 5) is 29.3. The lowest BCUT2D eigenvalue weighted by atomic mass is 10.2. The molecule has 0 aliphatic heterocycles. The van der Waals surface area contributed by atoms with Gasteiger partial charge in [0.15, 0.2) is 5.13 Å². The van der Waals surface area contributed by atoms with Crippen LogP contribution in [0.1, 0.15) is 5.56 Å². The molecule has 4 rings (SSSR count). The number of aromatic nitrogens is 4. The first-order valence-corrected chi connectivity index (χ1v) is 10.2. The van der Waals surface area contributed by atoms with Crippen molar-refractivity contribution in [1.82, 2.24) is 19.9 Å². The zero-order valence-electron chi connectivity index (χ0n) is 16.8. The smallest absolute Gasteiger partial charge is 0.325 e. The normalized spacial score (nSPS) is 10.4. The first-order chi connectivity index (χ1) is 15.1. The molecule has 0 aliphatic carbocycles. The van der Waals surface area contributed by atoms with Crippen LogP contribution in [0.15, 0.2) is 60.5 Å². The van der Waals surface area contributed by atoms with E-state index in [-0.39, 0.29) is 6.03 Å². The minimum absolute atomic E-state index is 0.367. The van der Waals surface area contributed by atoms with E-state index in [1.165, 1.54) is 11.3 Å². The summed E-state index contributed by atoms with van der Waals surface area (Å²) >= 11 is 1.35. The molecule has 31 heavy (non-hydrogen) atoms. The van der Waals surface area contributed by atoms with Crippen molar-refractivity contribution in [2.24, 2.45) is 0 Å². The third kappa shape index (κ3) is 5.11. The molecule has 0 radical (unpaired) electrons. The molecule has 10 heteroatoms. The summed E-state index contributed by atoms with van der Waals surface area (Å²) in [6.45, 7) is 1.96. The third-order valence-electron chi connectivity index (χ3n) is 4.29. The molecule has 9 nitrogen and oxygen atoms in total. The second-order valence-electron chi connectivity index (χ2n) is 6.45. The third-order valence-corrected chi connectivity index (χ3v) is 4.98. The molecule has 0 bridgehead atoms. The Morgan fingerprint density at radius 2 is 1.97 bits per heavy atom. The number of amides is 2. The van der Waals surface area contributed by atoms with Gasteiger partial charge in [0, 0.05) is 40.9 Å². The fourth-order valence-electron chi connectivity index (χ4n) is 2.75. The van der Waals surface area contributed by atoms with Gasteiger partial charge in [0.2, 0.25) is 5.95 Å². The van der Waals surface area contributed by atoms with Crippen molar-refractivity contribution in [2.75, 3.05) is 23.1 Å². The van der Waals surface area contributed by atoms with E-state index in [4.69, 9.17) is 4.74 Å². The minimum atomic E-state index is -0.367. The number of hydrogen-bond acceptors (Lipinski definition) is 8. The van der Waals surface area contributed by atoms with Crippen LogP contribution >= 0.6 is 11.3 Å². The van der Waals surface area contributed by atoms with Gasteiger partial charge in [-0.05, 0) is 36.8 Å². The molecular weight excluding hydrogens is 414 g/mol. The van der Waals surface area contributed by atoms with Crippen molar-refractivity contribution in [1.29, 1.82) is 0 Å². The van der Waals surface area contributed by atoms with Crippen molar-refractivity contribution in [3.8, 4) is 17.0 Å². The summed E-state index contributed by atoms with van der Waals surface area (Å²) in [5.74, 6) is 1.07. The van der Waals surface area contributed by atoms with Gasteiger partial charge in [-0.15, -0.1) is 11.3 Å². The monoisotopic (exact) mass is 433 g/mol. The number of rotatable bonds is 6. The molecule has 3 heterocycles. The first kappa shape index (κ1) is 20.2. The van der Waals surface area contributed by atoms with Crippen LogP contribution in [0, 0.1) is 6.92 Å². The lowest BCUT2D eigenvalue weighted by molar-refractivity contribution is 0.262. The Balaban J connectivity index is 1.51. The van der Waals surface area contributed by atoms with Crippen LogP contribution in [0.25, 0.3) is 11.3 Å². The van der Waals surface area contributed by atoms with Gasteiger partial charge in [-0.2, -0.15) is 0 Å². The number of nitrogens with zero attached hydrogens (tertiary/aromatic N) is 4.